The Labute approximate surface area is 146 Å². The lowest BCUT2D eigenvalue weighted by molar-refractivity contribution is -0.263. The van der Waals surface area contributed by atoms with Gasteiger partial charge in [-0.05, 0) is 27.7 Å². The maximum absolute atomic E-state index is 10.6. The molecule has 138 valence electrons. The number of carbonyl (C=O) groups is 2. The summed E-state index contributed by atoms with van der Waals surface area (Å²) in [5.74, 6) is -3.75. The number of carboxylic acids is 2. The van der Waals surface area contributed by atoms with Crippen LogP contribution in [0.3, 0.4) is 0 Å². The summed E-state index contributed by atoms with van der Waals surface area (Å²) in [5.41, 5.74) is 1.88. The minimum atomic E-state index is -1.26. The van der Waals surface area contributed by atoms with Crippen LogP contribution >= 0.6 is 0 Å². The van der Waals surface area contributed by atoms with Crippen molar-refractivity contribution in [1.82, 2.24) is 5.32 Å². The van der Waals surface area contributed by atoms with E-state index in [4.69, 9.17) is 14.9 Å². The third-order valence-corrected chi connectivity index (χ3v) is 3.68. The smallest absolute Gasteiger partial charge is 0.328 e. The molecule has 1 aromatic carbocycles. The maximum Gasteiger partial charge on any atom is 0.328 e. The van der Waals surface area contributed by atoms with Crippen LogP contribution in [-0.2, 0) is 20.1 Å². The molecule has 0 spiro atoms. The van der Waals surface area contributed by atoms with Crippen molar-refractivity contribution in [2.45, 2.75) is 45.1 Å². The van der Waals surface area contributed by atoms with E-state index in [9.17, 15) is 14.7 Å². The number of aliphatic carboxylic acids is 2. The molecule has 0 unspecified atom stereocenters. The monoisotopic (exact) mass is 351 g/mol. The number of hydrogen-bond acceptors (Lipinski definition) is 5. The van der Waals surface area contributed by atoms with Crippen molar-refractivity contribution >= 4 is 11.9 Å². The molecule has 1 saturated heterocycles. The maximum atomic E-state index is 10.6. The Balaban J connectivity index is 0.000000333. The van der Waals surface area contributed by atoms with E-state index in [1.807, 2.05) is 38.1 Å². The molecule has 4 N–H and O–H groups in total. The zero-order valence-corrected chi connectivity index (χ0v) is 14.8. The molecule has 0 aromatic heterocycles. The van der Waals surface area contributed by atoms with E-state index >= 15 is 0 Å². The Kier molecular flexibility index (Phi) is 6.87. The Bertz CT molecular complexity index is 621. The lowest BCUT2D eigenvalue weighted by Crippen LogP contribution is -2.63. The second kappa shape index (κ2) is 8.24. The number of carboxylic acid groups (broad SMARTS) is 2. The lowest BCUT2D eigenvalue weighted by atomic mass is 9.92. The van der Waals surface area contributed by atoms with E-state index in [1.54, 1.807) is 0 Å². The van der Waals surface area contributed by atoms with Crippen molar-refractivity contribution in [3.05, 3.63) is 47.5 Å². The van der Waals surface area contributed by atoms with Gasteiger partial charge in [-0.25, -0.2) is 9.59 Å². The van der Waals surface area contributed by atoms with Crippen LogP contribution in [0.5, 0.6) is 0 Å². The molecule has 7 nitrogen and oxygen atoms in total. The summed E-state index contributed by atoms with van der Waals surface area (Å²) < 4.78 is 5.71. The highest BCUT2D eigenvalue weighted by Gasteiger charge is 2.44. The van der Waals surface area contributed by atoms with Gasteiger partial charge >= 0.3 is 11.9 Å². The standard InChI is InChI=1S/C14H21NO2.C4H4O4/c1-10-5-7-12(8-6-10)14(16)11(2)15-13(3,4)9-17-14;5-3(6)1-2-4(7)8/h5-8,11,15-16H,9H2,1-4H3;1-2H,(H,5,6)(H,7,8)/b;2-1+/t11-,14+;/m0./s1. The second-order valence-electron chi connectivity index (χ2n) is 6.61. The summed E-state index contributed by atoms with van der Waals surface area (Å²) in [6, 6.07) is 7.68. The van der Waals surface area contributed by atoms with Gasteiger partial charge in [0.15, 0.2) is 0 Å². The molecule has 25 heavy (non-hydrogen) atoms. The molecule has 0 amide bonds. The Morgan fingerprint density at radius 3 is 2.04 bits per heavy atom. The van der Waals surface area contributed by atoms with Crippen LogP contribution in [-0.4, -0.2) is 45.4 Å². The van der Waals surface area contributed by atoms with E-state index in [2.05, 4.69) is 19.2 Å². The van der Waals surface area contributed by atoms with Crippen LogP contribution in [0.2, 0.25) is 0 Å². The van der Waals surface area contributed by atoms with Gasteiger partial charge in [0, 0.05) is 23.3 Å². The van der Waals surface area contributed by atoms with E-state index in [-0.39, 0.29) is 11.6 Å². The Hall–Kier alpha value is -2.22. The third-order valence-electron chi connectivity index (χ3n) is 3.68. The number of aryl methyl sites for hydroxylation is 1. The number of hydrogen-bond donors (Lipinski definition) is 4. The van der Waals surface area contributed by atoms with Gasteiger partial charge < -0.3 is 25.4 Å². The zero-order chi connectivity index (χ0) is 19.3. The fourth-order valence-electron chi connectivity index (χ4n) is 2.41. The van der Waals surface area contributed by atoms with Crippen molar-refractivity contribution in [2.75, 3.05) is 6.61 Å². The van der Waals surface area contributed by atoms with Crippen LogP contribution in [0, 0.1) is 6.92 Å². The van der Waals surface area contributed by atoms with Crippen molar-refractivity contribution < 1.29 is 29.6 Å². The topological polar surface area (TPSA) is 116 Å². The van der Waals surface area contributed by atoms with Crippen molar-refractivity contribution in [2.24, 2.45) is 0 Å². The Morgan fingerprint density at radius 2 is 1.64 bits per heavy atom. The number of rotatable bonds is 3. The minimum Gasteiger partial charge on any atom is -0.478 e. The molecule has 1 aliphatic heterocycles. The molecular weight excluding hydrogens is 326 g/mol. The summed E-state index contributed by atoms with van der Waals surface area (Å²) in [5, 5.41) is 29.7. The van der Waals surface area contributed by atoms with E-state index in [0.717, 1.165) is 5.56 Å². The highest BCUT2D eigenvalue weighted by atomic mass is 16.6. The van der Waals surface area contributed by atoms with Gasteiger partial charge in [0.1, 0.15) is 0 Å². The van der Waals surface area contributed by atoms with E-state index < -0.39 is 17.7 Å². The first-order chi connectivity index (χ1) is 11.5. The van der Waals surface area contributed by atoms with Crippen molar-refractivity contribution in [3.63, 3.8) is 0 Å². The normalized spacial score (nSPS) is 25.1. The van der Waals surface area contributed by atoms with Crippen molar-refractivity contribution in [1.29, 1.82) is 0 Å². The van der Waals surface area contributed by atoms with Crippen molar-refractivity contribution in [3.8, 4) is 0 Å². The summed E-state index contributed by atoms with van der Waals surface area (Å²) in [6.45, 7) is 8.60. The molecule has 0 radical (unpaired) electrons. The van der Waals surface area contributed by atoms with Gasteiger partial charge in [-0.2, -0.15) is 0 Å². The predicted octanol–water partition coefficient (Wildman–Crippen LogP) is 1.64. The molecule has 1 aliphatic rings. The molecule has 1 heterocycles. The summed E-state index contributed by atoms with van der Waals surface area (Å²) in [4.78, 5) is 19.1. The molecule has 1 fully saturated rings. The number of benzene rings is 1. The number of morpholine rings is 1. The lowest BCUT2D eigenvalue weighted by Gasteiger charge is -2.46. The van der Waals surface area contributed by atoms with E-state index in [0.29, 0.717) is 18.8 Å². The average molecular weight is 351 g/mol. The number of ether oxygens (including phenoxy) is 1. The quantitative estimate of drug-likeness (QED) is 0.612. The summed E-state index contributed by atoms with van der Waals surface area (Å²) in [6.07, 6.45) is 1.12. The zero-order valence-electron chi connectivity index (χ0n) is 14.8. The minimum absolute atomic E-state index is 0.101. The predicted molar refractivity (Wildman–Crippen MR) is 92.1 cm³/mol. The third kappa shape index (κ3) is 6.30. The SMILES string of the molecule is Cc1ccc([C@]2(O)OCC(C)(C)N[C@H]2C)cc1.O=C(O)/C=C/C(=O)O. The van der Waals surface area contributed by atoms with Crippen LogP contribution in [0.15, 0.2) is 36.4 Å². The molecule has 0 bridgehead atoms. The van der Waals surface area contributed by atoms with Gasteiger partial charge in [-0.15, -0.1) is 0 Å². The highest BCUT2D eigenvalue weighted by molar-refractivity contribution is 5.89. The van der Waals surface area contributed by atoms with Gasteiger partial charge in [0.2, 0.25) is 5.79 Å². The molecule has 1 aromatic rings. The Morgan fingerprint density at radius 1 is 1.16 bits per heavy atom. The molecule has 2 atom stereocenters. The first kappa shape index (κ1) is 20.8. The van der Waals surface area contributed by atoms with Crippen LogP contribution in [0.1, 0.15) is 31.9 Å². The first-order valence-corrected chi connectivity index (χ1v) is 7.81. The van der Waals surface area contributed by atoms with Gasteiger partial charge in [0.05, 0.1) is 12.6 Å². The molecule has 0 aliphatic carbocycles. The average Bonchev–Trinajstić information content (AvgIpc) is 2.50. The van der Waals surface area contributed by atoms with Crippen LogP contribution < -0.4 is 5.32 Å². The van der Waals surface area contributed by atoms with Crippen LogP contribution in [0.25, 0.3) is 0 Å². The number of nitrogens with one attached hydrogen (secondary N) is 1. The van der Waals surface area contributed by atoms with Gasteiger partial charge in [-0.1, -0.05) is 29.8 Å². The number of aliphatic hydroxyl groups is 1. The molecule has 0 saturated carbocycles. The first-order valence-electron chi connectivity index (χ1n) is 7.81. The highest BCUT2D eigenvalue weighted by Crippen LogP contribution is 2.32. The summed E-state index contributed by atoms with van der Waals surface area (Å²) >= 11 is 0. The molecule has 7 heteroatoms. The molecular formula is C18H25NO6. The molecule has 2 rings (SSSR count). The van der Waals surface area contributed by atoms with Gasteiger partial charge in [0.25, 0.3) is 0 Å². The largest absolute Gasteiger partial charge is 0.478 e. The van der Waals surface area contributed by atoms with Gasteiger partial charge in [-0.3, -0.25) is 0 Å². The van der Waals surface area contributed by atoms with E-state index in [1.165, 1.54) is 5.56 Å². The second-order valence-corrected chi connectivity index (χ2v) is 6.61. The fourth-order valence-corrected chi connectivity index (χ4v) is 2.41. The fraction of sp³-hybridized carbons (Fsp3) is 0.444. The summed E-state index contributed by atoms with van der Waals surface area (Å²) in [7, 11) is 0. The van der Waals surface area contributed by atoms with Crippen LogP contribution in [0.4, 0.5) is 0 Å².